The van der Waals surface area contributed by atoms with Crippen molar-refractivity contribution in [2.45, 2.75) is 71.0 Å². The highest BCUT2D eigenvalue weighted by Gasteiger charge is 2.13. The molecule has 0 aliphatic carbocycles. The van der Waals surface area contributed by atoms with Crippen LogP contribution in [0.1, 0.15) is 64.7 Å². The van der Waals surface area contributed by atoms with Crippen LogP contribution in [0.15, 0.2) is 0 Å². The number of ether oxygens (including phenoxy) is 4. The van der Waals surface area contributed by atoms with Gasteiger partial charge in [0, 0.05) is 13.2 Å². The normalized spacial score (nSPS) is 19.0. The molecule has 0 aromatic heterocycles. The fourth-order valence-corrected chi connectivity index (χ4v) is 2.39. The summed E-state index contributed by atoms with van der Waals surface area (Å²) in [7, 11) is 0. The minimum atomic E-state index is -0.00805. The van der Waals surface area contributed by atoms with Crippen molar-refractivity contribution in [2.24, 2.45) is 0 Å². The lowest BCUT2D eigenvalue weighted by atomic mass is 10.1. The molecule has 1 aliphatic rings. The minimum Gasteiger partial charge on any atom is -0.379 e. The SMILES string of the molecule is CCCCCCCCOCCOCCOC1CCCCO1. The second kappa shape index (κ2) is 14.8. The van der Waals surface area contributed by atoms with E-state index in [0.717, 1.165) is 26.1 Å². The average molecular weight is 302 g/mol. The summed E-state index contributed by atoms with van der Waals surface area (Å²) in [5, 5.41) is 0. The summed E-state index contributed by atoms with van der Waals surface area (Å²) >= 11 is 0. The van der Waals surface area contributed by atoms with Crippen molar-refractivity contribution < 1.29 is 18.9 Å². The standard InChI is InChI=1S/C17H34O4/c1-2-3-4-5-6-8-11-18-13-14-19-15-16-21-17-10-7-9-12-20-17/h17H,2-16H2,1H3. The molecular formula is C17H34O4. The molecule has 1 unspecified atom stereocenters. The Balaban J connectivity index is 1.69. The van der Waals surface area contributed by atoms with Crippen LogP contribution in [0.4, 0.5) is 0 Å². The van der Waals surface area contributed by atoms with Crippen LogP contribution in [-0.2, 0) is 18.9 Å². The van der Waals surface area contributed by atoms with Gasteiger partial charge in [-0.1, -0.05) is 39.0 Å². The molecule has 0 amide bonds. The molecule has 1 fully saturated rings. The molecule has 1 heterocycles. The molecule has 0 bridgehead atoms. The summed E-state index contributed by atoms with van der Waals surface area (Å²) in [6.45, 7) is 6.53. The van der Waals surface area contributed by atoms with E-state index in [2.05, 4.69) is 6.92 Å². The van der Waals surface area contributed by atoms with E-state index >= 15 is 0 Å². The van der Waals surface area contributed by atoms with Gasteiger partial charge in [-0.3, -0.25) is 0 Å². The van der Waals surface area contributed by atoms with Crippen molar-refractivity contribution in [1.82, 2.24) is 0 Å². The van der Waals surface area contributed by atoms with Gasteiger partial charge in [0.2, 0.25) is 0 Å². The second-order valence-electron chi connectivity index (χ2n) is 5.66. The molecule has 1 aliphatic heterocycles. The maximum Gasteiger partial charge on any atom is 0.157 e. The van der Waals surface area contributed by atoms with Gasteiger partial charge in [-0.05, 0) is 25.7 Å². The predicted molar refractivity (Wildman–Crippen MR) is 84.6 cm³/mol. The maximum absolute atomic E-state index is 5.59. The summed E-state index contributed by atoms with van der Waals surface area (Å²) in [5.41, 5.74) is 0. The van der Waals surface area contributed by atoms with Crippen LogP contribution in [-0.4, -0.2) is 45.9 Å². The monoisotopic (exact) mass is 302 g/mol. The maximum atomic E-state index is 5.59. The molecule has 1 atom stereocenters. The van der Waals surface area contributed by atoms with Crippen LogP contribution in [0.5, 0.6) is 0 Å². The van der Waals surface area contributed by atoms with Gasteiger partial charge < -0.3 is 18.9 Å². The highest BCUT2D eigenvalue weighted by Crippen LogP contribution is 2.13. The lowest BCUT2D eigenvalue weighted by Gasteiger charge is -2.22. The Bertz CT molecular complexity index is 205. The van der Waals surface area contributed by atoms with Gasteiger partial charge in [0.1, 0.15) is 0 Å². The topological polar surface area (TPSA) is 36.9 Å². The van der Waals surface area contributed by atoms with E-state index in [1.807, 2.05) is 0 Å². The zero-order valence-electron chi connectivity index (χ0n) is 13.8. The van der Waals surface area contributed by atoms with Crippen molar-refractivity contribution in [2.75, 3.05) is 39.6 Å². The average Bonchev–Trinajstić information content (AvgIpc) is 2.53. The van der Waals surface area contributed by atoms with E-state index < -0.39 is 0 Å². The summed E-state index contributed by atoms with van der Waals surface area (Å²) in [5.74, 6) is 0. The molecule has 21 heavy (non-hydrogen) atoms. The van der Waals surface area contributed by atoms with E-state index in [1.54, 1.807) is 0 Å². The van der Waals surface area contributed by atoms with E-state index in [4.69, 9.17) is 18.9 Å². The Morgan fingerprint density at radius 3 is 2.29 bits per heavy atom. The summed E-state index contributed by atoms with van der Waals surface area (Å²) in [6, 6.07) is 0. The highest BCUT2D eigenvalue weighted by molar-refractivity contribution is 4.53. The van der Waals surface area contributed by atoms with Gasteiger partial charge in [0.05, 0.1) is 26.4 Å². The van der Waals surface area contributed by atoms with Crippen molar-refractivity contribution >= 4 is 0 Å². The van der Waals surface area contributed by atoms with Crippen molar-refractivity contribution in [1.29, 1.82) is 0 Å². The number of unbranched alkanes of at least 4 members (excludes halogenated alkanes) is 5. The third-order valence-electron chi connectivity index (χ3n) is 3.68. The Hall–Kier alpha value is -0.160. The van der Waals surface area contributed by atoms with E-state index in [0.29, 0.717) is 26.4 Å². The zero-order chi connectivity index (χ0) is 15.0. The fraction of sp³-hybridized carbons (Fsp3) is 1.00. The molecular weight excluding hydrogens is 268 g/mol. The highest BCUT2D eigenvalue weighted by atomic mass is 16.7. The van der Waals surface area contributed by atoms with Gasteiger partial charge in [-0.2, -0.15) is 0 Å². The first kappa shape index (κ1) is 18.9. The molecule has 4 heteroatoms. The lowest BCUT2D eigenvalue weighted by Crippen LogP contribution is -2.24. The predicted octanol–water partition coefficient (Wildman–Crippen LogP) is 3.92. The Labute approximate surface area is 130 Å². The van der Waals surface area contributed by atoms with Crippen molar-refractivity contribution in [3.8, 4) is 0 Å². The zero-order valence-corrected chi connectivity index (χ0v) is 13.8. The number of rotatable bonds is 14. The molecule has 0 spiro atoms. The van der Waals surface area contributed by atoms with Gasteiger partial charge in [-0.25, -0.2) is 0 Å². The number of hydrogen-bond donors (Lipinski definition) is 0. The largest absolute Gasteiger partial charge is 0.379 e. The molecule has 0 radical (unpaired) electrons. The molecule has 1 rings (SSSR count). The fourth-order valence-electron chi connectivity index (χ4n) is 2.39. The van der Waals surface area contributed by atoms with E-state index in [1.165, 1.54) is 44.9 Å². The Morgan fingerprint density at radius 1 is 0.810 bits per heavy atom. The molecule has 0 aromatic rings. The Morgan fingerprint density at radius 2 is 1.52 bits per heavy atom. The minimum absolute atomic E-state index is 0.00805. The van der Waals surface area contributed by atoms with E-state index in [-0.39, 0.29) is 6.29 Å². The molecule has 1 saturated heterocycles. The first-order valence-electron chi connectivity index (χ1n) is 8.82. The van der Waals surface area contributed by atoms with Gasteiger partial charge >= 0.3 is 0 Å². The summed E-state index contributed by atoms with van der Waals surface area (Å²) in [4.78, 5) is 0. The van der Waals surface area contributed by atoms with Crippen LogP contribution in [0, 0.1) is 0 Å². The molecule has 0 saturated carbocycles. The van der Waals surface area contributed by atoms with Crippen LogP contribution < -0.4 is 0 Å². The van der Waals surface area contributed by atoms with Crippen LogP contribution >= 0.6 is 0 Å². The Kier molecular flexibility index (Phi) is 13.3. The van der Waals surface area contributed by atoms with Crippen LogP contribution in [0.2, 0.25) is 0 Å². The van der Waals surface area contributed by atoms with Crippen molar-refractivity contribution in [3.63, 3.8) is 0 Å². The third kappa shape index (κ3) is 12.1. The molecule has 126 valence electrons. The van der Waals surface area contributed by atoms with Gasteiger partial charge in [0.25, 0.3) is 0 Å². The summed E-state index contributed by atoms with van der Waals surface area (Å²) < 4.78 is 22.1. The third-order valence-corrected chi connectivity index (χ3v) is 3.68. The second-order valence-corrected chi connectivity index (χ2v) is 5.66. The first-order chi connectivity index (χ1) is 10.4. The number of hydrogen-bond acceptors (Lipinski definition) is 4. The van der Waals surface area contributed by atoms with Crippen LogP contribution in [0.25, 0.3) is 0 Å². The van der Waals surface area contributed by atoms with Gasteiger partial charge in [-0.15, -0.1) is 0 Å². The van der Waals surface area contributed by atoms with Gasteiger partial charge in [0.15, 0.2) is 6.29 Å². The quantitative estimate of drug-likeness (QED) is 0.456. The molecule has 0 aromatic carbocycles. The molecule has 4 nitrogen and oxygen atoms in total. The van der Waals surface area contributed by atoms with E-state index in [9.17, 15) is 0 Å². The smallest absolute Gasteiger partial charge is 0.157 e. The molecule has 0 N–H and O–H groups in total. The van der Waals surface area contributed by atoms with Crippen molar-refractivity contribution in [3.05, 3.63) is 0 Å². The van der Waals surface area contributed by atoms with Crippen LogP contribution in [0.3, 0.4) is 0 Å². The summed E-state index contributed by atoms with van der Waals surface area (Å²) in [6.07, 6.45) is 11.2. The first-order valence-corrected chi connectivity index (χ1v) is 8.82. The lowest BCUT2D eigenvalue weighted by molar-refractivity contribution is -0.169.